The molecule has 55 heavy (non-hydrogen) atoms. The van der Waals surface area contributed by atoms with Gasteiger partial charge in [0.15, 0.2) is 0 Å². The molecule has 4 aliphatic heterocycles. The van der Waals surface area contributed by atoms with E-state index in [9.17, 15) is 0 Å². The molecule has 6 aromatic rings. The fraction of sp³-hybridized carbons (Fsp3) is 0.373. The number of nitrogens with zero attached hydrogens (tertiary/aromatic N) is 3. The van der Waals surface area contributed by atoms with Gasteiger partial charge >= 0.3 is 0 Å². The molecule has 13 rings (SSSR count). The Bertz CT molecular complexity index is 2640. The van der Waals surface area contributed by atoms with Crippen molar-refractivity contribution in [3.63, 3.8) is 0 Å². The molecule has 0 spiro atoms. The van der Waals surface area contributed by atoms with Crippen LogP contribution in [0.25, 0.3) is 27.8 Å². The predicted octanol–water partition coefficient (Wildman–Crippen LogP) is 10.6. The Morgan fingerprint density at radius 3 is 1.69 bits per heavy atom. The second-order valence-electron chi connectivity index (χ2n) is 19.9. The molecule has 272 valence electrons. The summed E-state index contributed by atoms with van der Waals surface area (Å²) in [6, 6.07) is 38.6. The lowest BCUT2D eigenvalue weighted by Gasteiger charge is -2.54. The van der Waals surface area contributed by atoms with Gasteiger partial charge in [0, 0.05) is 49.9 Å². The highest BCUT2D eigenvalue weighted by molar-refractivity contribution is 7.00. The molecule has 2 saturated carbocycles. The third-order valence-corrected chi connectivity index (χ3v) is 17.4. The lowest BCUT2D eigenvalue weighted by atomic mass is 9.33. The summed E-state index contributed by atoms with van der Waals surface area (Å²) in [6.45, 7) is 15.6. The number of para-hydroxylation sites is 3. The van der Waals surface area contributed by atoms with E-state index in [-0.39, 0.29) is 34.0 Å². The first kappa shape index (κ1) is 31.5. The fourth-order valence-corrected chi connectivity index (χ4v) is 14.4. The maximum absolute atomic E-state index is 2.92. The van der Waals surface area contributed by atoms with Crippen LogP contribution in [-0.2, 0) is 16.2 Å². The first-order valence-electron chi connectivity index (χ1n) is 21.3. The molecule has 0 radical (unpaired) electrons. The van der Waals surface area contributed by atoms with Crippen molar-refractivity contribution in [2.24, 2.45) is 0 Å². The number of fused-ring (bicyclic) bond motifs is 15. The Balaban J connectivity index is 1.20. The van der Waals surface area contributed by atoms with Crippen molar-refractivity contribution in [1.29, 1.82) is 0 Å². The van der Waals surface area contributed by atoms with Gasteiger partial charge in [-0.3, -0.25) is 0 Å². The van der Waals surface area contributed by atoms with E-state index in [0.717, 1.165) is 0 Å². The lowest BCUT2D eigenvalue weighted by molar-refractivity contribution is 0.194. The zero-order valence-corrected chi connectivity index (χ0v) is 33.3. The van der Waals surface area contributed by atoms with Crippen molar-refractivity contribution >= 4 is 56.8 Å². The molecular weight excluding hydrogens is 665 g/mol. The van der Waals surface area contributed by atoms with Gasteiger partial charge in [-0.15, -0.1) is 0 Å². The smallest absolute Gasteiger partial charge is 0.252 e. The summed E-state index contributed by atoms with van der Waals surface area (Å²) in [7, 11) is 0. The van der Waals surface area contributed by atoms with Crippen molar-refractivity contribution in [3.8, 4) is 16.9 Å². The number of hydrogen-bond acceptors (Lipinski definition) is 2. The number of hydrogen-bond donors (Lipinski definition) is 0. The highest BCUT2D eigenvalue weighted by atomic mass is 15.3. The van der Waals surface area contributed by atoms with Crippen LogP contribution in [-0.4, -0.2) is 22.4 Å². The highest BCUT2D eigenvalue weighted by Crippen LogP contribution is 2.65. The molecule has 7 aliphatic rings. The summed E-state index contributed by atoms with van der Waals surface area (Å²) in [5, 5.41) is 1.38. The van der Waals surface area contributed by atoms with Crippen LogP contribution in [0.4, 0.5) is 22.7 Å². The predicted molar refractivity (Wildman–Crippen MR) is 231 cm³/mol. The first-order valence-corrected chi connectivity index (χ1v) is 21.3. The summed E-state index contributed by atoms with van der Waals surface area (Å²) < 4.78 is 2.68. The van der Waals surface area contributed by atoms with E-state index in [2.05, 4.69) is 153 Å². The molecule has 0 amide bonds. The van der Waals surface area contributed by atoms with E-state index in [1.54, 1.807) is 16.6 Å². The Hall–Kier alpha value is -4.70. The zero-order valence-electron chi connectivity index (χ0n) is 33.3. The Morgan fingerprint density at radius 2 is 1.07 bits per heavy atom. The topological polar surface area (TPSA) is 11.4 Å². The van der Waals surface area contributed by atoms with Crippen LogP contribution < -0.4 is 26.2 Å². The molecule has 1 aromatic heterocycles. The van der Waals surface area contributed by atoms with Gasteiger partial charge in [0.2, 0.25) is 0 Å². The molecule has 4 atom stereocenters. The normalized spacial score (nSPS) is 29.4. The standard InChI is InChI=1S/C51H50BN3/c1-47(2)34-19-9-7-17-32(34)44-42(47)33-18-8-10-24-39(33)53(44)31-29-40-43-41(30-31)55-46-36(49(4)26-12-14-28-51(49,55)6)21-16-23-38(46)52(43)37-22-15-20-35-45(37)54(40)50(5)27-13-11-25-48(35,50)3/h7-10,15-24,29-30H,11-14,25-28H2,1-6H3. The van der Waals surface area contributed by atoms with Gasteiger partial charge in [0.25, 0.3) is 6.71 Å². The van der Waals surface area contributed by atoms with E-state index in [4.69, 9.17) is 0 Å². The highest BCUT2D eigenvalue weighted by Gasteiger charge is 2.64. The average molecular weight is 716 g/mol. The van der Waals surface area contributed by atoms with Crippen molar-refractivity contribution in [2.75, 3.05) is 9.80 Å². The molecule has 4 unspecified atom stereocenters. The number of aromatic nitrogens is 1. The van der Waals surface area contributed by atoms with Gasteiger partial charge in [0.05, 0.1) is 28.0 Å². The third kappa shape index (κ3) is 3.21. The Labute approximate surface area is 326 Å². The zero-order chi connectivity index (χ0) is 37.0. The van der Waals surface area contributed by atoms with Gasteiger partial charge in [-0.2, -0.15) is 0 Å². The minimum absolute atomic E-state index is 0.00721. The monoisotopic (exact) mass is 715 g/mol. The molecule has 5 heterocycles. The lowest BCUT2D eigenvalue weighted by Crippen LogP contribution is -2.66. The Kier molecular flexibility index (Phi) is 5.52. The molecule has 0 saturated heterocycles. The van der Waals surface area contributed by atoms with Crippen LogP contribution in [0.15, 0.2) is 97.1 Å². The number of rotatable bonds is 1. The molecular formula is C51H50BN3. The molecule has 3 aliphatic carbocycles. The number of benzene rings is 5. The quantitative estimate of drug-likeness (QED) is 0.157. The van der Waals surface area contributed by atoms with Gasteiger partial charge in [-0.05, 0) is 96.4 Å². The van der Waals surface area contributed by atoms with Crippen LogP contribution in [0.3, 0.4) is 0 Å². The van der Waals surface area contributed by atoms with Gasteiger partial charge in [0.1, 0.15) is 0 Å². The summed E-state index contributed by atoms with van der Waals surface area (Å²) in [4.78, 5) is 5.85. The number of anilines is 4. The van der Waals surface area contributed by atoms with Crippen molar-refractivity contribution in [3.05, 3.63) is 119 Å². The molecule has 3 nitrogen and oxygen atoms in total. The van der Waals surface area contributed by atoms with Gasteiger partial charge in [-0.1, -0.05) is 132 Å². The molecule has 0 N–H and O–H groups in total. The minimum Gasteiger partial charge on any atom is -0.335 e. The maximum atomic E-state index is 2.92. The van der Waals surface area contributed by atoms with E-state index in [0.29, 0.717) is 0 Å². The van der Waals surface area contributed by atoms with Crippen LogP contribution in [0, 0.1) is 0 Å². The second-order valence-corrected chi connectivity index (χ2v) is 19.9. The molecule has 4 heteroatoms. The summed E-state index contributed by atoms with van der Waals surface area (Å²) in [6.07, 6.45) is 10.1. The fourth-order valence-electron chi connectivity index (χ4n) is 14.4. The largest absolute Gasteiger partial charge is 0.335 e. The van der Waals surface area contributed by atoms with Crippen LogP contribution in [0.5, 0.6) is 0 Å². The minimum atomic E-state index is -0.0925. The molecule has 0 bridgehead atoms. The van der Waals surface area contributed by atoms with Gasteiger partial charge in [-0.25, -0.2) is 0 Å². The van der Waals surface area contributed by atoms with Gasteiger partial charge < -0.3 is 14.4 Å². The SMILES string of the molecule is CC1(C)c2ccccc2-c2c1c1ccccc1n2-c1cc2c3c(c1)N1c4c(cccc4C4(C)CCCCC14C)B3c1cccc3c1N2C1(C)CCCCC31C. The summed E-state index contributed by atoms with van der Waals surface area (Å²) >= 11 is 0. The third-order valence-electron chi connectivity index (χ3n) is 17.4. The first-order chi connectivity index (χ1) is 26.5. The summed E-state index contributed by atoms with van der Waals surface area (Å²) in [5.74, 6) is 0. The van der Waals surface area contributed by atoms with E-state index < -0.39 is 0 Å². The van der Waals surface area contributed by atoms with Crippen molar-refractivity contribution in [1.82, 2.24) is 4.57 Å². The summed E-state index contributed by atoms with van der Waals surface area (Å²) in [5.41, 5.74) is 22.0. The molecule has 5 aromatic carbocycles. The molecule has 2 fully saturated rings. The van der Waals surface area contributed by atoms with Crippen molar-refractivity contribution < 1.29 is 0 Å². The second kappa shape index (κ2) is 9.63. The average Bonchev–Trinajstić information content (AvgIpc) is 3.80. The van der Waals surface area contributed by atoms with E-state index in [1.807, 2.05) is 0 Å². The van der Waals surface area contributed by atoms with E-state index in [1.165, 1.54) is 124 Å². The van der Waals surface area contributed by atoms with Crippen LogP contribution in [0.1, 0.15) is 115 Å². The van der Waals surface area contributed by atoms with Crippen LogP contribution in [0.2, 0.25) is 0 Å². The van der Waals surface area contributed by atoms with Crippen molar-refractivity contribution in [2.45, 2.75) is 120 Å². The van der Waals surface area contributed by atoms with E-state index >= 15 is 0 Å². The Morgan fingerprint density at radius 1 is 0.545 bits per heavy atom. The van der Waals surface area contributed by atoms with Crippen LogP contribution >= 0.6 is 0 Å². The maximum Gasteiger partial charge on any atom is 0.252 e.